The van der Waals surface area contributed by atoms with E-state index in [1.807, 2.05) is 85.8 Å². The highest BCUT2D eigenvalue weighted by Crippen LogP contribution is 2.69. The molecule has 0 aromatic heterocycles. The molecule has 0 radical (unpaired) electrons. The van der Waals surface area contributed by atoms with Crippen LogP contribution in [0.1, 0.15) is 23.6 Å². The smallest absolute Gasteiger partial charge is 0.292 e. The van der Waals surface area contributed by atoms with Crippen LogP contribution >= 0.6 is 7.37 Å². The third-order valence-electron chi connectivity index (χ3n) is 7.36. The van der Waals surface area contributed by atoms with E-state index in [0.29, 0.717) is 22.3 Å². The average Bonchev–Trinajstić information content (AvgIpc) is 2.97. The van der Waals surface area contributed by atoms with E-state index in [2.05, 4.69) is 4.99 Å². The van der Waals surface area contributed by atoms with Gasteiger partial charge in [0.05, 0.1) is 11.0 Å². The fraction of sp³-hybridized carbons (Fsp3) is 0.0606. The number of hydrogen-bond acceptors (Lipinski definition) is 5. The van der Waals surface area contributed by atoms with Gasteiger partial charge in [0.15, 0.2) is 0 Å². The summed E-state index contributed by atoms with van der Waals surface area (Å²) in [4.78, 5) is 4.52. The summed E-state index contributed by atoms with van der Waals surface area (Å²) in [5.74, 6) is 0.862. The van der Waals surface area contributed by atoms with Crippen molar-refractivity contribution in [3.63, 3.8) is 0 Å². The molecule has 1 aliphatic rings. The van der Waals surface area contributed by atoms with Gasteiger partial charge in [-0.25, -0.2) is 0 Å². The third-order valence-corrected chi connectivity index (χ3v) is 10.5. The first-order chi connectivity index (χ1) is 18.9. The van der Waals surface area contributed by atoms with Gasteiger partial charge < -0.3 is 14.7 Å². The lowest BCUT2D eigenvalue weighted by Gasteiger charge is -2.41. The van der Waals surface area contributed by atoms with E-state index in [4.69, 9.17) is 4.52 Å². The van der Waals surface area contributed by atoms with E-state index in [-0.39, 0.29) is 11.5 Å². The van der Waals surface area contributed by atoms with Crippen molar-refractivity contribution in [2.75, 3.05) is 0 Å². The van der Waals surface area contributed by atoms with E-state index in [1.165, 1.54) is 0 Å². The summed E-state index contributed by atoms with van der Waals surface area (Å²) in [6.45, 7) is 1.94. The second-order valence-corrected chi connectivity index (χ2v) is 12.3. The molecule has 6 rings (SSSR count). The molecule has 2 N–H and O–H groups in total. The van der Waals surface area contributed by atoms with Crippen molar-refractivity contribution < 1.29 is 19.3 Å². The van der Waals surface area contributed by atoms with Crippen LogP contribution in [0, 0.1) is 0 Å². The topological polar surface area (TPSA) is 79.1 Å². The minimum Gasteiger partial charge on any atom is -0.508 e. The highest BCUT2D eigenvalue weighted by Gasteiger charge is 2.53. The van der Waals surface area contributed by atoms with Crippen molar-refractivity contribution in [2.45, 2.75) is 12.1 Å². The van der Waals surface area contributed by atoms with E-state index in [1.54, 1.807) is 48.7 Å². The lowest BCUT2D eigenvalue weighted by molar-refractivity contribution is 0.461. The second kappa shape index (κ2) is 9.61. The number of benzene rings is 5. The van der Waals surface area contributed by atoms with Gasteiger partial charge in [-0.15, -0.1) is 0 Å². The Bertz CT molecular complexity index is 1750. The Morgan fingerprint density at radius 3 is 2.03 bits per heavy atom. The summed E-state index contributed by atoms with van der Waals surface area (Å²) >= 11 is 0. The second-order valence-electron chi connectivity index (χ2n) is 9.64. The van der Waals surface area contributed by atoms with E-state index in [9.17, 15) is 10.2 Å². The Morgan fingerprint density at radius 1 is 0.718 bits per heavy atom. The predicted molar refractivity (Wildman–Crippen MR) is 156 cm³/mol. The minimum absolute atomic E-state index is 0.128. The number of para-hydroxylation sites is 2. The quantitative estimate of drug-likeness (QED) is 0.179. The zero-order valence-corrected chi connectivity index (χ0v) is 22.1. The standard InChI is InChI=1S/C33H26NO4P/c1-33(25-16-20-27(35)21-17-25,24-14-18-26(19-15-24)34-22-23-8-2-5-11-30(23)36)39(37)32-13-7-4-10-29(32)28-9-3-6-12-31(28)38-39/h2-22,35-36H,1H3. The number of phenols is 2. The average molecular weight is 532 g/mol. The predicted octanol–water partition coefficient (Wildman–Crippen LogP) is 7.77. The molecule has 5 aromatic rings. The van der Waals surface area contributed by atoms with Gasteiger partial charge in [0.2, 0.25) is 0 Å². The van der Waals surface area contributed by atoms with Gasteiger partial charge in [-0.1, -0.05) is 72.8 Å². The van der Waals surface area contributed by atoms with Crippen LogP contribution in [0.5, 0.6) is 17.2 Å². The third kappa shape index (κ3) is 4.12. The summed E-state index contributed by atoms with van der Waals surface area (Å²) in [6, 6.07) is 36.7. The van der Waals surface area contributed by atoms with Crippen molar-refractivity contribution in [3.05, 3.63) is 138 Å². The van der Waals surface area contributed by atoms with Crippen LogP contribution in [-0.4, -0.2) is 16.4 Å². The lowest BCUT2D eigenvalue weighted by Crippen LogP contribution is -2.34. The Balaban J connectivity index is 1.50. The summed E-state index contributed by atoms with van der Waals surface area (Å²) < 4.78 is 22.0. The molecule has 0 saturated carbocycles. The molecule has 0 fully saturated rings. The van der Waals surface area contributed by atoms with Gasteiger partial charge in [-0.05, 0) is 72.1 Å². The number of phenolic OH excluding ortho intramolecular Hbond substituents is 2. The zero-order valence-electron chi connectivity index (χ0n) is 21.2. The molecule has 0 saturated heterocycles. The number of aromatic hydroxyl groups is 2. The van der Waals surface area contributed by atoms with Crippen molar-refractivity contribution in [1.29, 1.82) is 0 Å². The number of hydrogen-bond donors (Lipinski definition) is 2. The highest BCUT2D eigenvalue weighted by molar-refractivity contribution is 7.69. The summed E-state index contributed by atoms with van der Waals surface area (Å²) in [5, 5.41) is 19.6. The van der Waals surface area contributed by atoms with Crippen molar-refractivity contribution in [1.82, 2.24) is 0 Å². The molecular weight excluding hydrogens is 505 g/mol. The Kier molecular flexibility index (Phi) is 6.09. The Morgan fingerprint density at radius 2 is 1.31 bits per heavy atom. The van der Waals surface area contributed by atoms with Gasteiger partial charge in [0.1, 0.15) is 22.4 Å². The number of rotatable bonds is 5. The number of nitrogens with zero attached hydrogens (tertiary/aromatic N) is 1. The summed E-state index contributed by atoms with van der Waals surface area (Å²) in [6.07, 6.45) is 1.61. The van der Waals surface area contributed by atoms with Gasteiger partial charge >= 0.3 is 0 Å². The number of aliphatic imine (C=N–C) groups is 1. The van der Waals surface area contributed by atoms with Crippen LogP contribution in [0.4, 0.5) is 5.69 Å². The first-order valence-corrected chi connectivity index (χ1v) is 14.2. The Labute approximate surface area is 227 Å². The van der Waals surface area contributed by atoms with E-state index in [0.717, 1.165) is 22.3 Å². The maximum atomic E-state index is 15.4. The molecule has 0 aliphatic carbocycles. The largest absolute Gasteiger partial charge is 0.508 e. The number of fused-ring (bicyclic) bond motifs is 3. The van der Waals surface area contributed by atoms with E-state index >= 15 is 4.57 Å². The minimum atomic E-state index is -3.65. The summed E-state index contributed by atoms with van der Waals surface area (Å²) in [7, 11) is -3.65. The summed E-state index contributed by atoms with van der Waals surface area (Å²) in [5.41, 5.74) is 4.63. The van der Waals surface area contributed by atoms with Crippen LogP contribution < -0.4 is 9.83 Å². The molecule has 192 valence electrons. The van der Waals surface area contributed by atoms with Crippen molar-refractivity contribution >= 4 is 24.6 Å². The van der Waals surface area contributed by atoms with Gasteiger partial charge in [0.25, 0.3) is 7.37 Å². The molecule has 5 aromatic carbocycles. The molecule has 2 unspecified atom stereocenters. The first kappa shape index (κ1) is 24.7. The molecule has 0 amide bonds. The monoisotopic (exact) mass is 531 g/mol. The molecular formula is C33H26NO4P. The highest BCUT2D eigenvalue weighted by atomic mass is 31.2. The molecule has 39 heavy (non-hydrogen) atoms. The maximum Gasteiger partial charge on any atom is 0.292 e. The van der Waals surface area contributed by atoms with Gasteiger partial charge in [-0.3, -0.25) is 9.56 Å². The zero-order chi connectivity index (χ0) is 27.0. The van der Waals surface area contributed by atoms with Crippen molar-refractivity contribution in [3.8, 4) is 28.4 Å². The molecule has 1 aliphatic heterocycles. The van der Waals surface area contributed by atoms with Crippen LogP contribution in [0.25, 0.3) is 11.1 Å². The lowest BCUT2D eigenvalue weighted by atomic mass is 9.91. The van der Waals surface area contributed by atoms with Gasteiger partial charge in [-0.2, -0.15) is 0 Å². The van der Waals surface area contributed by atoms with Crippen LogP contribution in [0.15, 0.2) is 126 Å². The molecule has 6 heteroatoms. The first-order valence-electron chi connectivity index (χ1n) is 12.6. The Hall–Kier alpha value is -4.60. The normalized spacial score (nSPS) is 17.6. The van der Waals surface area contributed by atoms with Crippen LogP contribution in [0.2, 0.25) is 0 Å². The van der Waals surface area contributed by atoms with Crippen molar-refractivity contribution in [2.24, 2.45) is 4.99 Å². The van der Waals surface area contributed by atoms with Crippen LogP contribution in [-0.2, 0) is 9.72 Å². The van der Waals surface area contributed by atoms with Crippen LogP contribution in [0.3, 0.4) is 0 Å². The van der Waals surface area contributed by atoms with E-state index < -0.39 is 12.5 Å². The molecule has 0 bridgehead atoms. The fourth-order valence-electron chi connectivity index (χ4n) is 5.15. The van der Waals surface area contributed by atoms with Gasteiger partial charge in [0, 0.05) is 17.3 Å². The maximum absolute atomic E-state index is 15.4. The molecule has 0 spiro atoms. The molecule has 2 atom stereocenters. The SMILES string of the molecule is CC(c1ccc(O)cc1)(c1ccc(N=Cc2ccccc2O)cc1)P1(=O)Oc2ccccc2-c2ccccc21. The molecule has 1 heterocycles. The molecule has 5 nitrogen and oxygen atoms in total. The fourth-order valence-corrected chi connectivity index (χ4v) is 8.12.